The number of rotatable bonds is 10. The molecule has 1 heterocycles. The molecule has 2 aromatic carbocycles. The second kappa shape index (κ2) is 12.3. The van der Waals surface area contributed by atoms with Crippen LogP contribution in [0, 0.1) is 11.6 Å². The van der Waals surface area contributed by atoms with Gasteiger partial charge in [0.25, 0.3) is 5.91 Å². The van der Waals surface area contributed by atoms with Crippen molar-refractivity contribution in [3.63, 3.8) is 0 Å². The minimum atomic E-state index is -1.84. The minimum absolute atomic E-state index is 0.00147. The van der Waals surface area contributed by atoms with E-state index in [2.05, 4.69) is 60.8 Å². The smallest absolute Gasteiger partial charge is 0.254 e. The van der Waals surface area contributed by atoms with E-state index >= 15 is 0 Å². The molecule has 7 nitrogen and oxygen atoms in total. The Balaban J connectivity index is 1.62. The number of anilines is 1. The zero-order chi connectivity index (χ0) is 28.0. The second-order valence-electron chi connectivity index (χ2n) is 10.6. The predicted molar refractivity (Wildman–Crippen MR) is 141 cm³/mol. The van der Waals surface area contributed by atoms with Crippen LogP contribution in [0.25, 0.3) is 0 Å². The second-order valence-corrected chi connectivity index (χ2v) is 10.6. The molecule has 3 atom stereocenters. The molecule has 0 aliphatic carbocycles. The number of carbonyl (C=O) groups excluding carboxylic acids is 2. The van der Waals surface area contributed by atoms with E-state index in [1.165, 1.54) is 5.56 Å². The highest BCUT2D eigenvalue weighted by Gasteiger charge is 2.26. The fourth-order valence-electron chi connectivity index (χ4n) is 4.08. The molecule has 0 saturated carbocycles. The van der Waals surface area contributed by atoms with E-state index in [0.717, 1.165) is 24.1 Å². The van der Waals surface area contributed by atoms with E-state index in [9.17, 15) is 23.5 Å². The number of aliphatic hydroxyl groups excluding tert-OH is 1. The Morgan fingerprint density at radius 2 is 1.66 bits per heavy atom. The van der Waals surface area contributed by atoms with Gasteiger partial charge in [-0.2, -0.15) is 0 Å². The summed E-state index contributed by atoms with van der Waals surface area (Å²) in [5.74, 6) is -2.55. The highest BCUT2D eigenvalue weighted by molar-refractivity contribution is 5.97. The molecule has 0 fully saturated rings. The molecule has 9 heteroatoms. The third-order valence-corrected chi connectivity index (χ3v) is 6.29. The van der Waals surface area contributed by atoms with Crippen molar-refractivity contribution in [3.8, 4) is 0 Å². The number of nitrogens with one attached hydrogen (secondary N) is 2. The van der Waals surface area contributed by atoms with E-state index in [1.807, 2.05) is 13.8 Å². The molecule has 0 saturated heterocycles. The molecule has 0 aliphatic heterocycles. The van der Waals surface area contributed by atoms with Gasteiger partial charge < -0.3 is 20.3 Å². The minimum Gasteiger partial charge on any atom is -0.378 e. The number of aliphatic hydroxyl groups is 1. The lowest BCUT2D eigenvalue weighted by Crippen LogP contribution is -2.45. The van der Waals surface area contributed by atoms with E-state index in [4.69, 9.17) is 4.52 Å². The average molecular weight is 528 g/mol. The molecule has 38 heavy (non-hydrogen) atoms. The van der Waals surface area contributed by atoms with Crippen LogP contribution in [0.1, 0.15) is 81.9 Å². The summed E-state index contributed by atoms with van der Waals surface area (Å²) >= 11 is 0. The number of benzene rings is 2. The Morgan fingerprint density at radius 3 is 2.24 bits per heavy atom. The largest absolute Gasteiger partial charge is 0.378 e. The highest BCUT2D eigenvalue weighted by Crippen LogP contribution is 2.26. The zero-order valence-electron chi connectivity index (χ0n) is 22.3. The van der Waals surface area contributed by atoms with Gasteiger partial charge in [0.1, 0.15) is 23.4 Å². The van der Waals surface area contributed by atoms with Gasteiger partial charge in [-0.25, -0.2) is 8.78 Å². The van der Waals surface area contributed by atoms with Crippen molar-refractivity contribution in [1.29, 1.82) is 0 Å². The van der Waals surface area contributed by atoms with Crippen LogP contribution in [0.3, 0.4) is 0 Å². The number of hydrogen-bond acceptors (Lipinski definition) is 5. The lowest BCUT2D eigenvalue weighted by Gasteiger charge is -2.19. The fraction of sp³-hybridized carbons (Fsp3) is 0.414. The summed E-state index contributed by atoms with van der Waals surface area (Å²) in [5, 5.41) is 19.3. The van der Waals surface area contributed by atoms with Crippen LogP contribution in [0.2, 0.25) is 0 Å². The van der Waals surface area contributed by atoms with Gasteiger partial charge in [0.2, 0.25) is 5.91 Å². The fourth-order valence-corrected chi connectivity index (χ4v) is 4.08. The number of halogens is 2. The van der Waals surface area contributed by atoms with Crippen LogP contribution in [0.15, 0.2) is 53.1 Å². The van der Waals surface area contributed by atoms with E-state index in [1.54, 1.807) is 6.07 Å². The summed E-state index contributed by atoms with van der Waals surface area (Å²) < 4.78 is 32.4. The molecular formula is C29H35F2N3O4. The standard InChI is InChI=1S/C29H35F2N3O4/c1-6-7-23(32-28(37)26(35)19-13-21(30)15-22(31)14-19)27(36)33-25-16-24(38-34-25)17(2)12-18-8-10-20(11-9-18)29(3,4)5/h8-11,13-17,23,26,35H,6-7,12H2,1-5H3,(H,32,37)(H,33,34,36). The molecular weight excluding hydrogens is 492 g/mol. The first-order chi connectivity index (χ1) is 17.9. The normalized spacial score (nSPS) is 14.0. The van der Waals surface area contributed by atoms with Crippen LogP contribution in [-0.4, -0.2) is 28.1 Å². The van der Waals surface area contributed by atoms with E-state index in [-0.39, 0.29) is 29.1 Å². The third-order valence-electron chi connectivity index (χ3n) is 6.29. The first-order valence-corrected chi connectivity index (χ1v) is 12.7. The molecule has 3 aromatic rings. The van der Waals surface area contributed by atoms with Gasteiger partial charge in [-0.15, -0.1) is 0 Å². The Bertz CT molecular complexity index is 1230. The van der Waals surface area contributed by atoms with Gasteiger partial charge in [-0.1, -0.05) is 70.5 Å². The maximum atomic E-state index is 13.5. The lowest BCUT2D eigenvalue weighted by molar-refractivity contribution is -0.133. The summed E-state index contributed by atoms with van der Waals surface area (Å²) in [7, 11) is 0. The monoisotopic (exact) mass is 527 g/mol. The highest BCUT2D eigenvalue weighted by atomic mass is 19.1. The Hall–Kier alpha value is -3.59. The van der Waals surface area contributed by atoms with Crippen molar-refractivity contribution >= 4 is 17.6 Å². The molecule has 0 bridgehead atoms. The molecule has 3 unspecified atom stereocenters. The molecule has 0 aliphatic rings. The van der Waals surface area contributed by atoms with Crippen molar-refractivity contribution in [1.82, 2.24) is 10.5 Å². The molecule has 1 aromatic heterocycles. The molecule has 3 rings (SSSR count). The predicted octanol–water partition coefficient (Wildman–Crippen LogP) is 5.55. The van der Waals surface area contributed by atoms with Gasteiger partial charge >= 0.3 is 0 Å². The SMILES string of the molecule is CCCC(NC(=O)C(O)c1cc(F)cc(F)c1)C(=O)Nc1cc(C(C)Cc2ccc(C(C)(C)C)cc2)on1. The quantitative estimate of drug-likeness (QED) is 0.321. The number of amides is 2. The van der Waals surface area contributed by atoms with Gasteiger partial charge in [0.05, 0.1) is 0 Å². The first kappa shape index (κ1) is 29.0. The summed E-state index contributed by atoms with van der Waals surface area (Å²) in [6, 6.07) is 11.4. The van der Waals surface area contributed by atoms with Crippen LogP contribution in [0.4, 0.5) is 14.6 Å². The first-order valence-electron chi connectivity index (χ1n) is 12.7. The maximum Gasteiger partial charge on any atom is 0.254 e. The van der Waals surface area contributed by atoms with Crippen LogP contribution >= 0.6 is 0 Å². The maximum absolute atomic E-state index is 13.5. The number of nitrogens with zero attached hydrogens (tertiary/aromatic N) is 1. The Kier molecular flexibility index (Phi) is 9.38. The Labute approximate surface area is 221 Å². The molecule has 0 spiro atoms. The molecule has 204 valence electrons. The molecule has 0 radical (unpaired) electrons. The van der Waals surface area contributed by atoms with Crippen molar-refractivity contribution in [2.45, 2.75) is 77.4 Å². The zero-order valence-corrected chi connectivity index (χ0v) is 22.3. The number of hydrogen-bond donors (Lipinski definition) is 3. The van der Waals surface area contributed by atoms with Crippen LogP contribution < -0.4 is 10.6 Å². The third kappa shape index (κ3) is 7.71. The lowest BCUT2D eigenvalue weighted by atomic mass is 9.86. The average Bonchev–Trinajstić information content (AvgIpc) is 3.31. The van der Waals surface area contributed by atoms with Crippen LogP contribution in [0.5, 0.6) is 0 Å². The van der Waals surface area contributed by atoms with Crippen molar-refractivity contribution in [2.75, 3.05) is 5.32 Å². The van der Waals surface area contributed by atoms with Gasteiger partial charge in [0, 0.05) is 18.1 Å². The molecule has 3 N–H and O–H groups in total. The van der Waals surface area contributed by atoms with Crippen molar-refractivity contribution < 1.29 is 28.0 Å². The van der Waals surface area contributed by atoms with Crippen LogP contribution in [-0.2, 0) is 21.4 Å². The Morgan fingerprint density at radius 1 is 1.03 bits per heavy atom. The van der Waals surface area contributed by atoms with Gasteiger partial charge in [0.15, 0.2) is 11.9 Å². The summed E-state index contributed by atoms with van der Waals surface area (Å²) in [5.41, 5.74) is 2.23. The van der Waals surface area contributed by atoms with Crippen molar-refractivity contribution in [3.05, 3.63) is 82.6 Å². The number of carbonyl (C=O) groups is 2. The summed E-state index contributed by atoms with van der Waals surface area (Å²) in [4.78, 5) is 25.4. The topological polar surface area (TPSA) is 104 Å². The van der Waals surface area contributed by atoms with E-state index < -0.39 is 35.6 Å². The van der Waals surface area contributed by atoms with Gasteiger partial charge in [-0.05, 0) is 47.1 Å². The van der Waals surface area contributed by atoms with Gasteiger partial charge in [-0.3, -0.25) is 9.59 Å². The van der Waals surface area contributed by atoms with Crippen molar-refractivity contribution in [2.24, 2.45) is 0 Å². The number of aromatic nitrogens is 1. The summed E-state index contributed by atoms with van der Waals surface area (Å²) in [6.07, 6.45) is -0.296. The molecule has 2 amide bonds. The van der Waals surface area contributed by atoms with E-state index in [0.29, 0.717) is 18.2 Å². The summed E-state index contributed by atoms with van der Waals surface area (Å²) in [6.45, 7) is 10.3.